The third-order valence-corrected chi connectivity index (χ3v) is 6.70. The quantitative estimate of drug-likeness (QED) is 0.506. The molecule has 3 rings (SSSR count). The van der Waals surface area contributed by atoms with E-state index in [-0.39, 0.29) is 25.9 Å². The zero-order valence-electron chi connectivity index (χ0n) is 15.6. The number of alkyl halides is 3. The van der Waals surface area contributed by atoms with Crippen molar-refractivity contribution in [2.45, 2.75) is 31.7 Å². The van der Waals surface area contributed by atoms with Gasteiger partial charge in [0.25, 0.3) is 5.91 Å². The Bertz CT molecular complexity index is 927. The molecule has 166 valence electrons. The number of nitrogens with zero attached hydrogens (tertiary/aromatic N) is 2. The molecule has 1 spiro atoms. The molecule has 13 heteroatoms. The standard InChI is InChI=1S/C17H20F3N3O6S/c18-17(19,20)29-12-3-1-11(2-4-12)23-10-7-16(14(23)13(24)15(21)25)5-8-22(9-6-16)30(26,27)28/h1-4,14H,5-10H2,(H2,21,25)(H,26,27,28). The van der Waals surface area contributed by atoms with E-state index in [0.717, 1.165) is 16.4 Å². The van der Waals surface area contributed by atoms with E-state index in [9.17, 15) is 35.7 Å². The summed E-state index contributed by atoms with van der Waals surface area (Å²) < 4.78 is 73.8. The van der Waals surface area contributed by atoms with Gasteiger partial charge in [0.1, 0.15) is 11.8 Å². The van der Waals surface area contributed by atoms with E-state index in [1.54, 1.807) is 4.90 Å². The predicted molar refractivity (Wildman–Crippen MR) is 97.9 cm³/mol. The molecule has 1 atom stereocenters. The fourth-order valence-electron chi connectivity index (χ4n) is 4.30. The number of hydrogen-bond acceptors (Lipinski definition) is 6. The molecular weight excluding hydrogens is 431 g/mol. The van der Waals surface area contributed by atoms with Gasteiger partial charge in [-0.1, -0.05) is 0 Å². The second-order valence-corrected chi connectivity index (χ2v) is 8.77. The second-order valence-electron chi connectivity index (χ2n) is 7.36. The van der Waals surface area contributed by atoms with Gasteiger partial charge in [-0.25, -0.2) is 0 Å². The Balaban J connectivity index is 1.87. The van der Waals surface area contributed by atoms with Crippen LogP contribution in [-0.2, 0) is 19.9 Å². The van der Waals surface area contributed by atoms with Crippen LogP contribution in [0.25, 0.3) is 0 Å². The highest BCUT2D eigenvalue weighted by atomic mass is 32.2. The number of hydrogen-bond donors (Lipinski definition) is 2. The van der Waals surface area contributed by atoms with Crippen LogP contribution in [0.1, 0.15) is 19.3 Å². The fourth-order valence-corrected chi connectivity index (χ4v) is 4.94. The van der Waals surface area contributed by atoms with Crippen LogP contribution in [0.15, 0.2) is 24.3 Å². The Morgan fingerprint density at radius 2 is 1.63 bits per heavy atom. The molecule has 2 aliphatic rings. The largest absolute Gasteiger partial charge is 0.573 e. The van der Waals surface area contributed by atoms with Gasteiger partial charge >= 0.3 is 16.7 Å². The van der Waals surface area contributed by atoms with Crippen molar-refractivity contribution >= 4 is 27.7 Å². The number of halogens is 3. The average Bonchev–Trinajstić information content (AvgIpc) is 2.98. The number of amides is 1. The van der Waals surface area contributed by atoms with Gasteiger partial charge in [0.2, 0.25) is 5.78 Å². The lowest BCUT2D eigenvalue weighted by atomic mass is 9.71. The van der Waals surface area contributed by atoms with Crippen molar-refractivity contribution in [2.24, 2.45) is 11.1 Å². The molecule has 1 unspecified atom stereocenters. The van der Waals surface area contributed by atoms with E-state index in [2.05, 4.69) is 4.74 Å². The molecule has 1 amide bonds. The van der Waals surface area contributed by atoms with E-state index in [0.29, 0.717) is 18.7 Å². The molecule has 0 aliphatic carbocycles. The molecular formula is C17H20F3N3O6S. The van der Waals surface area contributed by atoms with Crippen LogP contribution in [-0.4, -0.2) is 61.0 Å². The van der Waals surface area contributed by atoms with Crippen LogP contribution < -0.4 is 15.4 Å². The molecule has 3 N–H and O–H groups in total. The number of Topliss-reactive ketones (excluding diaryl/α,β-unsaturated/α-hetero) is 1. The molecule has 0 saturated carbocycles. The Morgan fingerprint density at radius 3 is 2.10 bits per heavy atom. The minimum Gasteiger partial charge on any atom is -0.406 e. The highest BCUT2D eigenvalue weighted by Crippen LogP contribution is 2.47. The van der Waals surface area contributed by atoms with Crippen molar-refractivity contribution in [3.63, 3.8) is 0 Å². The normalized spacial score (nSPS) is 22.3. The molecule has 0 bridgehead atoms. The van der Waals surface area contributed by atoms with Crippen molar-refractivity contribution in [1.82, 2.24) is 4.31 Å². The summed E-state index contributed by atoms with van der Waals surface area (Å²) in [5, 5.41) is 0. The maximum atomic E-state index is 12.7. The van der Waals surface area contributed by atoms with Crippen LogP contribution in [0.4, 0.5) is 18.9 Å². The van der Waals surface area contributed by atoms with Crippen LogP contribution >= 0.6 is 0 Å². The number of ketones is 1. The van der Waals surface area contributed by atoms with Gasteiger partial charge in [-0.15, -0.1) is 13.2 Å². The summed E-state index contributed by atoms with van der Waals surface area (Å²) in [6, 6.07) is 3.89. The smallest absolute Gasteiger partial charge is 0.406 e. The monoisotopic (exact) mass is 451 g/mol. The third-order valence-electron chi connectivity index (χ3n) is 5.68. The van der Waals surface area contributed by atoms with Crippen molar-refractivity contribution < 1.29 is 40.5 Å². The summed E-state index contributed by atoms with van der Waals surface area (Å²) in [6.07, 6.45) is -3.98. The van der Waals surface area contributed by atoms with Crippen LogP contribution in [0, 0.1) is 5.41 Å². The van der Waals surface area contributed by atoms with Gasteiger partial charge in [-0.3, -0.25) is 14.1 Å². The highest BCUT2D eigenvalue weighted by Gasteiger charge is 2.54. The average molecular weight is 451 g/mol. The van der Waals surface area contributed by atoms with E-state index in [4.69, 9.17) is 5.73 Å². The van der Waals surface area contributed by atoms with Gasteiger partial charge in [0.05, 0.1) is 0 Å². The van der Waals surface area contributed by atoms with Crippen molar-refractivity contribution in [2.75, 3.05) is 24.5 Å². The van der Waals surface area contributed by atoms with Gasteiger partial charge in [-0.2, -0.15) is 12.7 Å². The van der Waals surface area contributed by atoms with Crippen molar-refractivity contribution in [1.29, 1.82) is 0 Å². The van der Waals surface area contributed by atoms with E-state index in [1.807, 2.05) is 0 Å². The molecule has 9 nitrogen and oxygen atoms in total. The molecule has 2 fully saturated rings. The summed E-state index contributed by atoms with van der Waals surface area (Å²) in [4.78, 5) is 25.9. The zero-order chi connectivity index (χ0) is 22.3. The maximum Gasteiger partial charge on any atom is 0.573 e. The number of benzene rings is 1. The number of primary amides is 1. The summed E-state index contributed by atoms with van der Waals surface area (Å²) in [5.41, 5.74) is 4.88. The van der Waals surface area contributed by atoms with Gasteiger partial charge < -0.3 is 15.4 Å². The highest BCUT2D eigenvalue weighted by molar-refractivity contribution is 7.83. The lowest BCUT2D eigenvalue weighted by Gasteiger charge is -2.42. The maximum absolute atomic E-state index is 12.7. The summed E-state index contributed by atoms with van der Waals surface area (Å²) in [7, 11) is -4.37. The topological polar surface area (TPSA) is 130 Å². The Hall–Kier alpha value is -2.38. The first kappa shape index (κ1) is 22.3. The third kappa shape index (κ3) is 4.52. The number of piperidine rings is 1. The number of anilines is 1. The molecule has 2 heterocycles. The summed E-state index contributed by atoms with van der Waals surface area (Å²) in [5.74, 6) is -2.44. The Kier molecular flexibility index (Phi) is 5.73. The van der Waals surface area contributed by atoms with Crippen LogP contribution in [0.5, 0.6) is 5.75 Å². The number of rotatable bonds is 5. The number of nitrogens with two attached hydrogens (primary N) is 1. The second kappa shape index (κ2) is 7.71. The SMILES string of the molecule is NC(=O)C(=O)C1N(c2ccc(OC(F)(F)F)cc2)CCC12CCN(S(=O)(=O)O)CC2. The van der Waals surface area contributed by atoms with Crippen molar-refractivity contribution in [3.8, 4) is 5.75 Å². The Labute approximate surface area is 170 Å². The number of carbonyl (C=O) groups excluding carboxylic acids is 2. The molecule has 0 aromatic heterocycles. The molecule has 1 aromatic carbocycles. The lowest BCUT2D eigenvalue weighted by Crippen LogP contribution is -2.54. The Morgan fingerprint density at radius 1 is 1.10 bits per heavy atom. The predicted octanol–water partition coefficient (Wildman–Crippen LogP) is 1.10. The molecule has 2 aliphatic heterocycles. The van der Waals surface area contributed by atoms with E-state index in [1.165, 1.54) is 12.1 Å². The number of ether oxygens (including phenoxy) is 1. The van der Waals surface area contributed by atoms with E-state index < -0.39 is 45.6 Å². The first-order valence-corrected chi connectivity index (χ1v) is 10.4. The van der Waals surface area contributed by atoms with Gasteiger partial charge in [0, 0.05) is 30.7 Å². The molecule has 1 aromatic rings. The van der Waals surface area contributed by atoms with Crippen molar-refractivity contribution in [3.05, 3.63) is 24.3 Å². The van der Waals surface area contributed by atoms with Crippen LogP contribution in [0.2, 0.25) is 0 Å². The van der Waals surface area contributed by atoms with Crippen LogP contribution in [0.3, 0.4) is 0 Å². The minimum absolute atomic E-state index is 0.0342. The minimum atomic E-state index is -4.84. The van der Waals surface area contributed by atoms with Gasteiger partial charge in [-0.05, 0) is 43.5 Å². The number of carbonyl (C=O) groups is 2. The molecule has 0 radical (unpaired) electrons. The summed E-state index contributed by atoms with van der Waals surface area (Å²) in [6.45, 7) is 0.246. The lowest BCUT2D eigenvalue weighted by molar-refractivity contribution is -0.274. The molecule has 2 saturated heterocycles. The first-order valence-electron chi connectivity index (χ1n) is 9.01. The zero-order valence-corrected chi connectivity index (χ0v) is 16.4. The first-order chi connectivity index (χ1) is 13.8. The summed E-state index contributed by atoms with van der Waals surface area (Å²) >= 11 is 0. The van der Waals surface area contributed by atoms with Gasteiger partial charge in [0.15, 0.2) is 0 Å². The fraction of sp³-hybridized carbons (Fsp3) is 0.529. The van der Waals surface area contributed by atoms with E-state index >= 15 is 0 Å². The molecule has 30 heavy (non-hydrogen) atoms.